The number of rotatable bonds is 5. The van der Waals surface area contributed by atoms with Gasteiger partial charge in [0, 0.05) is 11.8 Å². The van der Waals surface area contributed by atoms with Crippen molar-refractivity contribution in [3.8, 4) is 22.6 Å². The number of benzene rings is 2. The zero-order valence-corrected chi connectivity index (χ0v) is 14.8. The Balaban J connectivity index is 2.20. The highest BCUT2D eigenvalue weighted by Crippen LogP contribution is 2.33. The number of ether oxygens (including phenoxy) is 1. The predicted octanol–water partition coefficient (Wildman–Crippen LogP) is 3.27. The number of nitrogens with zero attached hydrogens (tertiary/aromatic N) is 2. The van der Waals surface area contributed by atoms with Crippen molar-refractivity contribution >= 4 is 10.0 Å². The van der Waals surface area contributed by atoms with Gasteiger partial charge in [0.25, 0.3) is 6.43 Å². The summed E-state index contributed by atoms with van der Waals surface area (Å²) in [4.78, 5) is -0.277. The fourth-order valence-corrected chi connectivity index (χ4v) is 3.34. The number of alkyl halides is 2. The number of methoxy groups -OCH3 is 1. The van der Waals surface area contributed by atoms with Gasteiger partial charge in [-0.3, -0.25) is 0 Å². The Labute approximate surface area is 153 Å². The second kappa shape index (κ2) is 7.05. The third-order valence-electron chi connectivity index (χ3n) is 3.83. The van der Waals surface area contributed by atoms with Crippen LogP contribution in [-0.2, 0) is 10.0 Å². The van der Waals surface area contributed by atoms with Crippen LogP contribution in [0.4, 0.5) is 13.2 Å². The number of halogens is 3. The second-order valence-electron chi connectivity index (χ2n) is 5.54. The molecule has 0 aliphatic rings. The lowest BCUT2D eigenvalue weighted by Gasteiger charge is -2.07. The molecule has 0 aliphatic carbocycles. The third-order valence-corrected chi connectivity index (χ3v) is 4.79. The van der Waals surface area contributed by atoms with Gasteiger partial charge < -0.3 is 4.74 Å². The van der Waals surface area contributed by atoms with Gasteiger partial charge in [0.1, 0.15) is 10.6 Å². The van der Waals surface area contributed by atoms with Crippen LogP contribution in [0.3, 0.4) is 0 Å². The summed E-state index contributed by atoms with van der Waals surface area (Å²) in [5, 5.41) is 8.98. The molecule has 27 heavy (non-hydrogen) atoms. The van der Waals surface area contributed by atoms with Gasteiger partial charge in [-0.1, -0.05) is 18.2 Å². The van der Waals surface area contributed by atoms with Crippen LogP contribution >= 0.6 is 0 Å². The van der Waals surface area contributed by atoms with E-state index in [2.05, 4.69) is 5.10 Å². The Morgan fingerprint density at radius 3 is 2.48 bits per heavy atom. The molecule has 3 rings (SSSR count). The number of aromatic nitrogens is 2. The maximum absolute atomic E-state index is 14.0. The lowest BCUT2D eigenvalue weighted by molar-refractivity contribution is 0.146. The Bertz CT molecular complexity index is 1100. The first kappa shape index (κ1) is 18.9. The van der Waals surface area contributed by atoms with E-state index in [1.54, 1.807) is 0 Å². The predicted molar refractivity (Wildman–Crippen MR) is 91.8 cm³/mol. The average Bonchev–Trinajstić information content (AvgIpc) is 3.06. The molecule has 0 spiro atoms. The standard InChI is InChI=1S/C17H14F3N3O3S/c1-26-14-7-6-10(8-12(14)18)11-9-23(22-16(11)17(19)20)13-4-2-3-5-15(13)27(21,24)25/h2-9,17H,1H3,(H2,21,24,25). The van der Waals surface area contributed by atoms with Crippen molar-refractivity contribution in [2.75, 3.05) is 7.11 Å². The van der Waals surface area contributed by atoms with E-state index in [1.807, 2.05) is 0 Å². The quantitative estimate of drug-likeness (QED) is 0.716. The molecule has 2 N–H and O–H groups in total. The largest absolute Gasteiger partial charge is 0.494 e. The first-order chi connectivity index (χ1) is 12.7. The second-order valence-corrected chi connectivity index (χ2v) is 7.07. The van der Waals surface area contributed by atoms with E-state index in [0.717, 1.165) is 10.7 Å². The number of nitrogens with two attached hydrogens (primary N) is 1. The third kappa shape index (κ3) is 3.67. The first-order valence-corrected chi connectivity index (χ1v) is 9.11. The molecule has 0 amide bonds. The van der Waals surface area contributed by atoms with Gasteiger partial charge in [-0.25, -0.2) is 31.4 Å². The average molecular weight is 397 g/mol. The number of sulfonamides is 1. The zero-order valence-electron chi connectivity index (χ0n) is 13.9. The normalized spacial score (nSPS) is 11.8. The maximum atomic E-state index is 14.0. The van der Waals surface area contributed by atoms with Gasteiger partial charge >= 0.3 is 0 Å². The smallest absolute Gasteiger partial charge is 0.282 e. The molecule has 1 aromatic heterocycles. The van der Waals surface area contributed by atoms with Crippen LogP contribution in [0.2, 0.25) is 0 Å². The van der Waals surface area contributed by atoms with Gasteiger partial charge in [-0.15, -0.1) is 0 Å². The molecular weight excluding hydrogens is 383 g/mol. The highest BCUT2D eigenvalue weighted by atomic mass is 32.2. The lowest BCUT2D eigenvalue weighted by Crippen LogP contribution is -2.15. The van der Waals surface area contributed by atoms with E-state index >= 15 is 0 Å². The molecule has 6 nitrogen and oxygen atoms in total. The molecule has 0 radical (unpaired) electrons. The molecule has 142 valence electrons. The fourth-order valence-electron chi connectivity index (χ4n) is 2.62. The minimum atomic E-state index is -4.11. The first-order valence-electron chi connectivity index (χ1n) is 7.56. The van der Waals surface area contributed by atoms with E-state index in [9.17, 15) is 21.6 Å². The van der Waals surface area contributed by atoms with Crippen molar-refractivity contribution in [2.45, 2.75) is 11.3 Å². The Morgan fingerprint density at radius 1 is 1.19 bits per heavy atom. The highest BCUT2D eigenvalue weighted by molar-refractivity contribution is 7.89. The van der Waals surface area contributed by atoms with Crippen LogP contribution in [-0.4, -0.2) is 25.3 Å². The van der Waals surface area contributed by atoms with Gasteiger partial charge in [-0.2, -0.15) is 5.10 Å². The summed E-state index contributed by atoms with van der Waals surface area (Å²) in [5.41, 5.74) is -0.523. The van der Waals surface area contributed by atoms with Crippen LogP contribution in [0.15, 0.2) is 53.6 Å². The van der Waals surface area contributed by atoms with Gasteiger partial charge in [0.2, 0.25) is 10.0 Å². The number of hydrogen-bond donors (Lipinski definition) is 1. The van der Waals surface area contributed by atoms with E-state index in [-0.39, 0.29) is 27.5 Å². The summed E-state index contributed by atoms with van der Waals surface area (Å²) < 4.78 is 70.3. The van der Waals surface area contributed by atoms with Crippen molar-refractivity contribution in [2.24, 2.45) is 5.14 Å². The van der Waals surface area contributed by atoms with Gasteiger partial charge in [0.15, 0.2) is 11.6 Å². The lowest BCUT2D eigenvalue weighted by atomic mass is 10.1. The molecule has 0 fully saturated rings. The minimum absolute atomic E-state index is 0.00198. The Morgan fingerprint density at radius 2 is 1.89 bits per heavy atom. The molecule has 0 atom stereocenters. The van der Waals surface area contributed by atoms with Crippen molar-refractivity contribution in [3.05, 3.63) is 60.2 Å². The number of primary sulfonamides is 1. The molecular formula is C17H14F3N3O3S. The topological polar surface area (TPSA) is 87.2 Å². The fraction of sp³-hybridized carbons (Fsp3) is 0.118. The number of hydrogen-bond acceptors (Lipinski definition) is 4. The van der Waals surface area contributed by atoms with E-state index < -0.39 is 28.0 Å². The molecule has 0 bridgehead atoms. The van der Waals surface area contributed by atoms with Crippen molar-refractivity contribution < 1.29 is 26.3 Å². The summed E-state index contributed by atoms with van der Waals surface area (Å²) in [6, 6.07) is 9.32. The monoisotopic (exact) mass is 397 g/mol. The molecule has 10 heteroatoms. The molecule has 2 aromatic carbocycles. The van der Waals surface area contributed by atoms with Crippen LogP contribution < -0.4 is 9.88 Å². The maximum Gasteiger partial charge on any atom is 0.282 e. The Hall–Kier alpha value is -2.85. The summed E-state index contributed by atoms with van der Waals surface area (Å²) in [6.07, 6.45) is -1.76. The van der Waals surface area contributed by atoms with Crippen LogP contribution in [0.5, 0.6) is 5.75 Å². The molecule has 0 aliphatic heterocycles. The van der Waals surface area contributed by atoms with Crippen LogP contribution in [0.1, 0.15) is 12.1 Å². The van der Waals surface area contributed by atoms with Crippen molar-refractivity contribution in [1.82, 2.24) is 9.78 Å². The van der Waals surface area contributed by atoms with Crippen molar-refractivity contribution in [1.29, 1.82) is 0 Å². The van der Waals surface area contributed by atoms with Crippen molar-refractivity contribution in [3.63, 3.8) is 0 Å². The van der Waals surface area contributed by atoms with Gasteiger partial charge in [-0.05, 0) is 29.8 Å². The molecule has 0 saturated carbocycles. The molecule has 1 heterocycles. The van der Waals surface area contributed by atoms with E-state index in [4.69, 9.17) is 9.88 Å². The summed E-state index contributed by atoms with van der Waals surface area (Å²) in [5.74, 6) is -0.766. The number of para-hydroxylation sites is 1. The minimum Gasteiger partial charge on any atom is -0.494 e. The van der Waals surface area contributed by atoms with Crippen LogP contribution in [0, 0.1) is 5.82 Å². The molecule has 3 aromatic rings. The SMILES string of the molecule is COc1ccc(-c2cn(-c3ccccc3S(N)(=O)=O)nc2C(F)F)cc1F. The summed E-state index contributed by atoms with van der Waals surface area (Å²) in [6.45, 7) is 0. The summed E-state index contributed by atoms with van der Waals surface area (Å²) in [7, 11) is -2.83. The summed E-state index contributed by atoms with van der Waals surface area (Å²) >= 11 is 0. The molecule has 0 saturated heterocycles. The molecule has 0 unspecified atom stereocenters. The van der Waals surface area contributed by atoms with Crippen LogP contribution in [0.25, 0.3) is 16.8 Å². The van der Waals surface area contributed by atoms with Gasteiger partial charge in [0.05, 0.1) is 12.8 Å². The zero-order chi connectivity index (χ0) is 19.8. The Kier molecular flexibility index (Phi) is 4.94. The highest BCUT2D eigenvalue weighted by Gasteiger charge is 2.23. The van der Waals surface area contributed by atoms with E-state index in [1.165, 1.54) is 49.7 Å². The van der Waals surface area contributed by atoms with E-state index in [0.29, 0.717) is 0 Å².